The highest BCUT2D eigenvalue weighted by molar-refractivity contribution is 6.65. The highest BCUT2D eigenvalue weighted by Crippen LogP contribution is 2.25. The maximum absolute atomic E-state index is 13.7. The molecule has 0 aliphatic rings. The number of rotatable bonds is 16. The minimum absolute atomic E-state index is 0.0209. The number of hydrogen-bond donors (Lipinski definition) is 0. The Morgan fingerprint density at radius 2 is 0.889 bits per heavy atom. The number of halogens is 5. The average molecular weight is 541 g/mol. The van der Waals surface area contributed by atoms with Crippen LogP contribution < -0.4 is 0 Å². The van der Waals surface area contributed by atoms with Crippen molar-refractivity contribution < 1.29 is 49.6 Å². The Balaban J connectivity index is 2.53. The molecule has 0 amide bonds. The predicted molar refractivity (Wildman–Crippen MR) is 122 cm³/mol. The zero-order chi connectivity index (χ0) is 27.3. The van der Waals surface area contributed by atoms with Gasteiger partial charge in [0.2, 0.25) is 5.82 Å². The van der Waals surface area contributed by atoms with Crippen LogP contribution in [-0.4, -0.2) is 26.7 Å². The highest BCUT2D eigenvalue weighted by Gasteiger charge is 2.52. The molecule has 0 saturated heterocycles. The summed E-state index contributed by atoms with van der Waals surface area (Å²) in [6.45, 7) is 4.70. The van der Waals surface area contributed by atoms with Gasteiger partial charge in [0.25, 0.3) is 17.9 Å². The third-order valence-electron chi connectivity index (χ3n) is 5.38. The highest BCUT2D eigenvalue weighted by atomic mass is 28.4. The first kappa shape index (κ1) is 31.5. The first-order chi connectivity index (χ1) is 17.0. The second kappa shape index (κ2) is 15.6. The van der Waals surface area contributed by atoms with Crippen molar-refractivity contribution in [2.75, 3.05) is 0 Å². The van der Waals surface area contributed by atoms with Gasteiger partial charge in [-0.05, 0) is 19.3 Å². The maximum atomic E-state index is 13.7. The molecule has 0 aliphatic carbocycles. The van der Waals surface area contributed by atoms with Crippen molar-refractivity contribution in [2.45, 2.75) is 97.4 Å². The molecule has 0 unspecified atom stereocenters. The van der Waals surface area contributed by atoms with E-state index < -0.39 is 61.4 Å². The van der Waals surface area contributed by atoms with E-state index in [4.69, 9.17) is 13.3 Å². The van der Waals surface area contributed by atoms with Gasteiger partial charge in [0.15, 0.2) is 23.3 Å². The van der Waals surface area contributed by atoms with E-state index in [2.05, 4.69) is 0 Å². The van der Waals surface area contributed by atoms with Crippen molar-refractivity contribution in [1.29, 1.82) is 0 Å². The Hall–Kier alpha value is -2.50. The molecule has 0 aromatic heterocycles. The summed E-state index contributed by atoms with van der Waals surface area (Å²) in [7, 11) is -3.90. The summed E-state index contributed by atoms with van der Waals surface area (Å²) in [5, 5.41) is 0. The van der Waals surface area contributed by atoms with Crippen LogP contribution >= 0.6 is 0 Å². The van der Waals surface area contributed by atoms with Crippen molar-refractivity contribution in [3.05, 3.63) is 34.6 Å². The molecule has 0 heterocycles. The van der Waals surface area contributed by atoms with Gasteiger partial charge >= 0.3 is 8.80 Å². The molecule has 0 fully saturated rings. The molecule has 0 N–H and O–H groups in total. The largest absolute Gasteiger partial charge is 0.705 e. The van der Waals surface area contributed by atoms with E-state index in [9.17, 15) is 36.3 Å². The molecular weight excluding hydrogens is 507 g/mol. The Bertz CT molecular complexity index is 837. The number of benzene rings is 1. The van der Waals surface area contributed by atoms with E-state index >= 15 is 0 Å². The first-order valence-electron chi connectivity index (χ1n) is 12.2. The lowest BCUT2D eigenvalue weighted by atomic mass is 10.0. The van der Waals surface area contributed by atoms with E-state index in [-0.39, 0.29) is 38.1 Å². The molecule has 204 valence electrons. The lowest BCUT2D eigenvalue weighted by Crippen LogP contribution is -2.50. The van der Waals surface area contributed by atoms with Gasteiger partial charge in [-0.1, -0.05) is 52.9 Å². The van der Waals surface area contributed by atoms with Gasteiger partial charge < -0.3 is 13.3 Å². The summed E-state index contributed by atoms with van der Waals surface area (Å²) in [5.41, 5.74) is -0.808. The SMILES string of the molecule is CCC(=O)O[Si](CCCCCCCCCc1c(F)c(F)c(F)c(F)c1F)(OC(=O)CC)OC(=O)CC. The molecule has 1 aromatic carbocycles. The zero-order valence-electron chi connectivity index (χ0n) is 20.8. The summed E-state index contributed by atoms with van der Waals surface area (Å²) in [6, 6.07) is 0.0937. The van der Waals surface area contributed by atoms with Crippen molar-refractivity contribution >= 4 is 26.7 Å². The lowest BCUT2D eigenvalue weighted by Gasteiger charge is -2.27. The van der Waals surface area contributed by atoms with Crippen LogP contribution in [0, 0.1) is 29.1 Å². The second-order valence-electron chi connectivity index (χ2n) is 8.19. The normalized spacial score (nSPS) is 11.3. The van der Waals surface area contributed by atoms with Gasteiger partial charge in [-0.25, -0.2) is 22.0 Å². The Labute approximate surface area is 208 Å². The Kier molecular flexibility index (Phi) is 13.6. The van der Waals surface area contributed by atoms with Crippen molar-refractivity contribution in [2.24, 2.45) is 0 Å². The van der Waals surface area contributed by atoms with Gasteiger partial charge in [0.05, 0.1) is 6.04 Å². The molecule has 0 saturated carbocycles. The summed E-state index contributed by atoms with van der Waals surface area (Å²) in [4.78, 5) is 35.8. The predicted octanol–water partition coefficient (Wildman–Crippen LogP) is 6.45. The first-order valence-corrected chi connectivity index (χ1v) is 14.1. The summed E-state index contributed by atoms with van der Waals surface area (Å²) >= 11 is 0. The van der Waals surface area contributed by atoms with E-state index in [1.165, 1.54) is 0 Å². The summed E-state index contributed by atoms with van der Waals surface area (Å²) in [6.07, 6.45) is 3.78. The van der Waals surface area contributed by atoms with Crippen LogP contribution in [0.25, 0.3) is 0 Å². The second-order valence-corrected chi connectivity index (χ2v) is 10.7. The number of carbonyl (C=O) groups excluding carboxylic acids is 3. The fourth-order valence-corrected chi connectivity index (χ4v) is 5.94. The molecule has 0 aliphatic heterocycles. The number of hydrogen-bond acceptors (Lipinski definition) is 6. The van der Waals surface area contributed by atoms with E-state index in [0.29, 0.717) is 25.7 Å². The fraction of sp³-hybridized carbons (Fsp3) is 0.625. The number of unbranched alkanes of at least 4 members (excludes halogenated alkanes) is 6. The molecule has 0 spiro atoms. The lowest BCUT2D eigenvalue weighted by molar-refractivity contribution is -0.150. The topological polar surface area (TPSA) is 78.9 Å². The molecule has 1 aromatic rings. The van der Waals surface area contributed by atoms with Crippen LogP contribution in [0.2, 0.25) is 6.04 Å². The van der Waals surface area contributed by atoms with E-state index in [0.717, 1.165) is 12.8 Å². The van der Waals surface area contributed by atoms with Crippen LogP contribution in [0.1, 0.15) is 90.5 Å². The van der Waals surface area contributed by atoms with Crippen LogP contribution in [0.4, 0.5) is 22.0 Å². The molecule has 6 nitrogen and oxygen atoms in total. The number of carbonyl (C=O) groups is 3. The third-order valence-corrected chi connectivity index (χ3v) is 7.97. The van der Waals surface area contributed by atoms with Crippen molar-refractivity contribution in [1.82, 2.24) is 0 Å². The van der Waals surface area contributed by atoms with Crippen LogP contribution in [0.15, 0.2) is 0 Å². The van der Waals surface area contributed by atoms with E-state index in [1.807, 2.05) is 0 Å². The van der Waals surface area contributed by atoms with Crippen LogP contribution in [0.5, 0.6) is 0 Å². The van der Waals surface area contributed by atoms with Gasteiger partial charge in [-0.3, -0.25) is 14.4 Å². The Morgan fingerprint density at radius 3 is 1.28 bits per heavy atom. The monoisotopic (exact) mass is 540 g/mol. The molecule has 0 atom stereocenters. The van der Waals surface area contributed by atoms with Crippen molar-refractivity contribution in [3.63, 3.8) is 0 Å². The zero-order valence-corrected chi connectivity index (χ0v) is 21.8. The van der Waals surface area contributed by atoms with Gasteiger partial charge in [-0.15, -0.1) is 0 Å². The van der Waals surface area contributed by atoms with Crippen LogP contribution in [-0.2, 0) is 34.1 Å². The molecule has 0 radical (unpaired) electrons. The summed E-state index contributed by atoms with van der Waals surface area (Å²) < 4.78 is 83.1. The summed E-state index contributed by atoms with van der Waals surface area (Å²) in [5.74, 6) is -11.6. The minimum Gasteiger partial charge on any atom is -0.455 e. The average Bonchev–Trinajstić information content (AvgIpc) is 2.86. The standard InChI is InChI=1S/C24H33F5O6Si/c1-4-17(30)33-36(34-18(31)5-2,35-19(32)6-3)15-13-11-9-7-8-10-12-14-16-20(25)22(27)24(29)23(28)21(16)26/h4-15H2,1-3H3. The molecule has 12 heteroatoms. The van der Waals surface area contributed by atoms with Gasteiger partial charge in [-0.2, -0.15) is 0 Å². The maximum Gasteiger partial charge on any atom is 0.705 e. The quantitative estimate of drug-likeness (QED) is 0.0788. The molecular formula is C24H33F5O6Si. The van der Waals surface area contributed by atoms with Crippen molar-refractivity contribution in [3.8, 4) is 0 Å². The third kappa shape index (κ3) is 9.51. The Morgan fingerprint density at radius 1 is 0.556 bits per heavy atom. The minimum atomic E-state index is -3.90. The fourth-order valence-electron chi connectivity index (χ4n) is 3.35. The smallest absolute Gasteiger partial charge is 0.455 e. The molecule has 1 rings (SSSR count). The van der Waals surface area contributed by atoms with Crippen LogP contribution in [0.3, 0.4) is 0 Å². The van der Waals surface area contributed by atoms with Gasteiger partial charge in [0.1, 0.15) is 0 Å². The van der Waals surface area contributed by atoms with Gasteiger partial charge in [0, 0.05) is 24.8 Å². The van der Waals surface area contributed by atoms with E-state index in [1.54, 1.807) is 20.8 Å². The molecule has 0 bridgehead atoms. The molecule has 36 heavy (non-hydrogen) atoms.